The molecule has 0 aliphatic heterocycles. The van der Waals surface area contributed by atoms with E-state index in [2.05, 4.69) is 26.3 Å². The number of rotatable bonds is 1. The number of halogens is 2. The van der Waals surface area contributed by atoms with E-state index in [-0.39, 0.29) is 5.54 Å². The molecule has 1 aromatic rings. The van der Waals surface area contributed by atoms with Crippen molar-refractivity contribution in [2.75, 3.05) is 0 Å². The monoisotopic (exact) mass is 303 g/mol. The minimum atomic E-state index is -0.205. The first-order valence-electron chi connectivity index (χ1n) is 4.85. The summed E-state index contributed by atoms with van der Waals surface area (Å²) in [7, 11) is 0. The number of nitrogens with zero attached hydrogens (tertiary/aromatic N) is 1. The van der Waals surface area contributed by atoms with Gasteiger partial charge in [-0.1, -0.05) is 27.5 Å². The van der Waals surface area contributed by atoms with Crippen LogP contribution in [0, 0.1) is 0 Å². The predicted octanol–water partition coefficient (Wildman–Crippen LogP) is 3.11. The molecule has 0 fully saturated rings. The van der Waals surface area contributed by atoms with Crippen molar-refractivity contribution >= 4 is 33.4 Å². The van der Waals surface area contributed by atoms with Crippen molar-refractivity contribution in [1.82, 2.24) is 5.43 Å². The number of hydrogen-bond acceptors (Lipinski definition) is 2. The molecule has 0 radical (unpaired) electrons. The molecule has 0 aromatic heterocycles. The summed E-state index contributed by atoms with van der Waals surface area (Å²) in [5.41, 5.74) is 3.25. The van der Waals surface area contributed by atoms with E-state index >= 15 is 0 Å². The first kappa shape index (κ1) is 13.5. The molecule has 3 nitrogen and oxygen atoms in total. The van der Waals surface area contributed by atoms with Crippen LogP contribution in [0.1, 0.15) is 26.3 Å². The summed E-state index contributed by atoms with van der Waals surface area (Å²) in [6, 6.07) is 5.49. The summed E-state index contributed by atoms with van der Waals surface area (Å²) in [4.78, 5) is 4.49. The molecule has 16 heavy (non-hydrogen) atoms. The summed E-state index contributed by atoms with van der Waals surface area (Å²) in [5.74, 6) is 6.10. The normalized spacial score (nSPS) is 12.8. The first-order chi connectivity index (χ1) is 7.33. The van der Waals surface area contributed by atoms with Gasteiger partial charge < -0.3 is 5.43 Å². The molecule has 0 amide bonds. The van der Waals surface area contributed by atoms with Crippen molar-refractivity contribution in [2.24, 2.45) is 10.8 Å². The fourth-order valence-electron chi connectivity index (χ4n) is 1.18. The van der Waals surface area contributed by atoms with E-state index < -0.39 is 0 Å². The lowest BCUT2D eigenvalue weighted by atomic mass is 10.1. The highest BCUT2D eigenvalue weighted by Gasteiger charge is 2.13. The number of aliphatic imine (C=N–C) groups is 1. The van der Waals surface area contributed by atoms with Crippen LogP contribution in [0.3, 0.4) is 0 Å². The summed E-state index contributed by atoms with van der Waals surface area (Å²) < 4.78 is 0.901. The Bertz CT molecular complexity index is 410. The molecule has 0 aliphatic rings. The maximum absolute atomic E-state index is 5.94. The molecule has 0 atom stereocenters. The molecule has 0 heterocycles. The Labute approximate surface area is 109 Å². The van der Waals surface area contributed by atoms with Gasteiger partial charge in [-0.3, -0.25) is 4.99 Å². The number of nitrogens with two attached hydrogens (primary N) is 1. The topological polar surface area (TPSA) is 50.4 Å². The van der Waals surface area contributed by atoms with Gasteiger partial charge >= 0.3 is 0 Å². The third-order valence-electron chi connectivity index (χ3n) is 1.77. The van der Waals surface area contributed by atoms with Crippen LogP contribution >= 0.6 is 27.5 Å². The van der Waals surface area contributed by atoms with Crippen LogP contribution in [0.5, 0.6) is 0 Å². The van der Waals surface area contributed by atoms with Gasteiger partial charge in [-0.05, 0) is 39.0 Å². The van der Waals surface area contributed by atoms with Gasteiger partial charge in [0, 0.05) is 15.1 Å². The summed E-state index contributed by atoms with van der Waals surface area (Å²) in [6.07, 6.45) is 0. The molecule has 0 bridgehead atoms. The number of nitrogens with one attached hydrogen (secondary N) is 1. The quantitative estimate of drug-likeness (QED) is 0.362. The van der Waals surface area contributed by atoms with Gasteiger partial charge in [0.15, 0.2) is 0 Å². The van der Waals surface area contributed by atoms with Crippen LogP contribution in [0.4, 0.5) is 0 Å². The molecule has 5 heteroatoms. The molecule has 1 aromatic carbocycles. The Morgan fingerprint density at radius 3 is 2.56 bits per heavy atom. The Balaban J connectivity index is 3.24. The molecule has 0 saturated heterocycles. The standard InChI is InChI=1S/C11H15BrClN3/c1-11(2,3)15-10(16-14)8-6-7(13)4-5-9(8)12/h4-6H,14H2,1-3H3,(H,15,16). The van der Waals surface area contributed by atoms with E-state index in [9.17, 15) is 0 Å². The highest BCUT2D eigenvalue weighted by Crippen LogP contribution is 2.22. The fourth-order valence-corrected chi connectivity index (χ4v) is 1.79. The van der Waals surface area contributed by atoms with E-state index in [1.165, 1.54) is 0 Å². The van der Waals surface area contributed by atoms with Crippen LogP contribution in [0.15, 0.2) is 27.7 Å². The minimum absolute atomic E-state index is 0.205. The molecular formula is C11H15BrClN3. The Kier molecular flexibility index (Phi) is 4.35. The van der Waals surface area contributed by atoms with Gasteiger partial charge in [0.1, 0.15) is 5.84 Å². The second kappa shape index (κ2) is 5.17. The molecule has 0 unspecified atom stereocenters. The number of amidine groups is 1. The Morgan fingerprint density at radius 2 is 2.06 bits per heavy atom. The maximum atomic E-state index is 5.94. The van der Waals surface area contributed by atoms with Crippen LogP contribution in [-0.4, -0.2) is 11.4 Å². The second-order valence-electron chi connectivity index (χ2n) is 4.40. The van der Waals surface area contributed by atoms with Crippen molar-refractivity contribution < 1.29 is 0 Å². The fraction of sp³-hybridized carbons (Fsp3) is 0.364. The zero-order valence-electron chi connectivity index (χ0n) is 9.51. The minimum Gasteiger partial charge on any atom is -0.308 e. The van der Waals surface area contributed by atoms with E-state index in [1.54, 1.807) is 6.07 Å². The van der Waals surface area contributed by atoms with Gasteiger partial charge in [0.2, 0.25) is 0 Å². The van der Waals surface area contributed by atoms with Crippen molar-refractivity contribution in [3.63, 3.8) is 0 Å². The number of hydrogen-bond donors (Lipinski definition) is 2. The van der Waals surface area contributed by atoms with Gasteiger partial charge in [0.05, 0.1) is 5.54 Å². The number of benzene rings is 1. The average molecular weight is 305 g/mol. The molecule has 0 aliphatic carbocycles. The van der Waals surface area contributed by atoms with Crippen LogP contribution in [-0.2, 0) is 0 Å². The van der Waals surface area contributed by atoms with Gasteiger partial charge in [0.25, 0.3) is 0 Å². The van der Waals surface area contributed by atoms with Crippen molar-refractivity contribution in [3.8, 4) is 0 Å². The van der Waals surface area contributed by atoms with Crippen molar-refractivity contribution in [1.29, 1.82) is 0 Å². The van der Waals surface area contributed by atoms with Gasteiger partial charge in [-0.15, -0.1) is 0 Å². The third kappa shape index (κ3) is 3.77. The molecule has 0 spiro atoms. The summed E-state index contributed by atoms with van der Waals surface area (Å²) in [5, 5.41) is 0.648. The van der Waals surface area contributed by atoms with Crippen molar-refractivity contribution in [2.45, 2.75) is 26.3 Å². The maximum Gasteiger partial charge on any atom is 0.144 e. The lowest BCUT2D eigenvalue weighted by Gasteiger charge is -2.16. The molecule has 88 valence electrons. The lowest BCUT2D eigenvalue weighted by Crippen LogP contribution is -2.33. The number of hydrazine groups is 1. The van der Waals surface area contributed by atoms with Gasteiger partial charge in [-0.2, -0.15) is 0 Å². The van der Waals surface area contributed by atoms with E-state index in [4.69, 9.17) is 17.4 Å². The molecule has 0 saturated carbocycles. The van der Waals surface area contributed by atoms with E-state index in [0.717, 1.165) is 10.0 Å². The van der Waals surface area contributed by atoms with E-state index in [1.807, 2.05) is 32.9 Å². The zero-order valence-corrected chi connectivity index (χ0v) is 11.9. The van der Waals surface area contributed by atoms with Gasteiger partial charge in [-0.25, -0.2) is 5.84 Å². The van der Waals surface area contributed by atoms with Crippen LogP contribution in [0.25, 0.3) is 0 Å². The lowest BCUT2D eigenvalue weighted by molar-refractivity contribution is 0.580. The van der Waals surface area contributed by atoms with E-state index in [0.29, 0.717) is 10.9 Å². The molecule has 3 N–H and O–H groups in total. The smallest absolute Gasteiger partial charge is 0.144 e. The molecular weight excluding hydrogens is 289 g/mol. The van der Waals surface area contributed by atoms with Crippen LogP contribution < -0.4 is 11.3 Å². The second-order valence-corrected chi connectivity index (χ2v) is 5.69. The summed E-state index contributed by atoms with van der Waals surface area (Å²) in [6.45, 7) is 6.01. The third-order valence-corrected chi connectivity index (χ3v) is 2.69. The Morgan fingerprint density at radius 1 is 1.44 bits per heavy atom. The van der Waals surface area contributed by atoms with Crippen molar-refractivity contribution in [3.05, 3.63) is 33.3 Å². The predicted molar refractivity (Wildman–Crippen MR) is 72.8 cm³/mol. The molecule has 1 rings (SSSR count). The highest BCUT2D eigenvalue weighted by molar-refractivity contribution is 9.10. The Hall–Kier alpha value is -0.580. The largest absolute Gasteiger partial charge is 0.308 e. The van der Waals surface area contributed by atoms with Crippen LogP contribution in [0.2, 0.25) is 5.02 Å². The average Bonchev–Trinajstić information content (AvgIpc) is 2.17. The first-order valence-corrected chi connectivity index (χ1v) is 6.02. The zero-order chi connectivity index (χ0) is 12.3. The summed E-state index contributed by atoms with van der Waals surface area (Å²) >= 11 is 9.39. The SMILES string of the molecule is CC(C)(C)N=C(NN)c1cc(Cl)ccc1Br. The highest BCUT2D eigenvalue weighted by atomic mass is 79.9.